The van der Waals surface area contributed by atoms with E-state index in [1.807, 2.05) is 0 Å². The summed E-state index contributed by atoms with van der Waals surface area (Å²) in [7, 11) is 0. The maximum Gasteiger partial charge on any atom is 0.240 e. The lowest BCUT2D eigenvalue weighted by molar-refractivity contribution is 0.285. The van der Waals surface area contributed by atoms with Crippen molar-refractivity contribution < 1.29 is 22.3 Å². The van der Waals surface area contributed by atoms with Crippen molar-refractivity contribution in [1.29, 1.82) is 0 Å². The Morgan fingerprint density at radius 3 is 2.29 bits per heavy atom. The number of halogens is 4. The van der Waals surface area contributed by atoms with E-state index in [9.17, 15) is 17.6 Å². The number of benzene rings is 2. The highest BCUT2D eigenvalue weighted by atomic mass is 19.2. The molecule has 0 atom stereocenters. The highest BCUT2D eigenvalue weighted by Gasteiger charge is 2.21. The summed E-state index contributed by atoms with van der Waals surface area (Å²) < 4.78 is 62.8. The Labute approximate surface area is 179 Å². The number of aromatic nitrogens is 2. The van der Waals surface area contributed by atoms with E-state index < -0.39 is 29.1 Å². The average molecular weight is 432 g/mol. The Morgan fingerprint density at radius 1 is 0.806 bits per heavy atom. The first kappa shape index (κ1) is 22.7. The molecule has 0 aliphatic heterocycles. The number of rotatable bonds is 10. The molecule has 2 aromatic carbocycles. The summed E-state index contributed by atoms with van der Waals surface area (Å²) in [5, 5.41) is 0. The molecule has 0 unspecified atom stereocenters. The molecule has 1 aromatic heterocycles. The van der Waals surface area contributed by atoms with Crippen molar-refractivity contribution in [1.82, 2.24) is 9.97 Å². The van der Waals surface area contributed by atoms with Crippen LogP contribution in [0.1, 0.15) is 45.4 Å². The van der Waals surface area contributed by atoms with Gasteiger partial charge in [0.25, 0.3) is 0 Å². The van der Waals surface area contributed by atoms with Crippen LogP contribution >= 0.6 is 0 Å². The van der Waals surface area contributed by atoms with Crippen LogP contribution in [0.4, 0.5) is 17.6 Å². The Kier molecular flexibility index (Phi) is 7.98. The lowest BCUT2D eigenvalue weighted by Gasteiger charge is -2.11. The molecule has 0 saturated carbocycles. The molecular weight excluding hydrogens is 408 g/mol. The van der Waals surface area contributed by atoms with Crippen LogP contribution in [0.2, 0.25) is 0 Å². The average Bonchev–Trinajstić information content (AvgIpc) is 2.77. The second-order valence-corrected chi connectivity index (χ2v) is 7.23. The Balaban J connectivity index is 1.72. The fraction of sp³-hybridized carbons (Fsp3) is 0.333. The molecule has 0 aliphatic rings. The van der Waals surface area contributed by atoms with Crippen LogP contribution in [0.3, 0.4) is 0 Å². The van der Waals surface area contributed by atoms with Crippen LogP contribution in [0.5, 0.6) is 5.75 Å². The summed E-state index contributed by atoms with van der Waals surface area (Å²) in [6, 6.07) is 8.15. The minimum absolute atomic E-state index is 0.0425. The summed E-state index contributed by atoms with van der Waals surface area (Å²) in [4.78, 5) is 7.53. The van der Waals surface area contributed by atoms with E-state index in [0.717, 1.165) is 38.3 Å². The van der Waals surface area contributed by atoms with Gasteiger partial charge in [-0.15, -0.1) is 0 Å². The zero-order valence-corrected chi connectivity index (χ0v) is 17.3. The van der Waals surface area contributed by atoms with Crippen molar-refractivity contribution in [2.45, 2.75) is 45.4 Å². The van der Waals surface area contributed by atoms with E-state index in [1.165, 1.54) is 36.8 Å². The van der Waals surface area contributed by atoms with Crippen LogP contribution < -0.4 is 4.74 Å². The number of unbranched alkanes of at least 4 members (excludes halogenated alkanes) is 5. The Bertz CT molecular complexity index is 1030. The topological polar surface area (TPSA) is 35.0 Å². The minimum Gasteiger partial charge on any atom is -0.490 e. The first-order valence-corrected chi connectivity index (χ1v) is 10.4. The van der Waals surface area contributed by atoms with Gasteiger partial charge in [0, 0.05) is 11.1 Å². The molecule has 0 N–H and O–H groups in total. The summed E-state index contributed by atoms with van der Waals surface area (Å²) in [6.07, 6.45) is 7.38. The fourth-order valence-corrected chi connectivity index (χ4v) is 3.24. The number of ether oxygens (including phenoxy) is 1. The predicted octanol–water partition coefficient (Wildman–Crippen LogP) is 7.11. The van der Waals surface area contributed by atoms with Gasteiger partial charge >= 0.3 is 0 Å². The monoisotopic (exact) mass is 432 g/mol. The SMILES string of the molecule is CCCCCCCCOc1ccc(-c2ncc(-c3ccccc3F)nc2F)c(F)c1F. The first-order valence-electron chi connectivity index (χ1n) is 10.4. The Hall–Kier alpha value is -2.96. The van der Waals surface area contributed by atoms with Gasteiger partial charge in [0.2, 0.25) is 11.8 Å². The smallest absolute Gasteiger partial charge is 0.240 e. The van der Waals surface area contributed by atoms with Crippen LogP contribution in [0, 0.1) is 23.4 Å². The molecule has 0 fully saturated rings. The van der Waals surface area contributed by atoms with E-state index in [-0.39, 0.29) is 29.2 Å². The van der Waals surface area contributed by atoms with E-state index in [0.29, 0.717) is 0 Å². The molecule has 0 bridgehead atoms. The van der Waals surface area contributed by atoms with Gasteiger partial charge in [0.15, 0.2) is 11.6 Å². The maximum atomic E-state index is 14.6. The molecule has 0 aliphatic carbocycles. The highest BCUT2D eigenvalue weighted by molar-refractivity contribution is 5.64. The van der Waals surface area contributed by atoms with E-state index in [4.69, 9.17) is 4.74 Å². The van der Waals surface area contributed by atoms with Crippen LogP contribution in [-0.2, 0) is 0 Å². The molecule has 0 radical (unpaired) electrons. The summed E-state index contributed by atoms with van der Waals surface area (Å²) in [5.74, 6) is -4.42. The van der Waals surface area contributed by atoms with Gasteiger partial charge in [-0.1, -0.05) is 51.2 Å². The van der Waals surface area contributed by atoms with Gasteiger partial charge in [-0.25, -0.2) is 18.7 Å². The number of hydrogen-bond acceptors (Lipinski definition) is 3. The van der Waals surface area contributed by atoms with Gasteiger partial charge in [-0.05, 0) is 30.7 Å². The molecule has 7 heteroatoms. The summed E-state index contributed by atoms with van der Waals surface area (Å²) in [6.45, 7) is 2.41. The number of hydrogen-bond donors (Lipinski definition) is 0. The molecule has 0 spiro atoms. The van der Waals surface area contributed by atoms with Crippen LogP contribution in [0.15, 0.2) is 42.6 Å². The van der Waals surface area contributed by atoms with Crippen molar-refractivity contribution in [3.8, 4) is 28.3 Å². The number of nitrogens with zero attached hydrogens (tertiary/aromatic N) is 2. The zero-order chi connectivity index (χ0) is 22.2. The second-order valence-electron chi connectivity index (χ2n) is 7.23. The van der Waals surface area contributed by atoms with Gasteiger partial charge in [-0.3, -0.25) is 0 Å². The Morgan fingerprint density at radius 2 is 1.55 bits per heavy atom. The van der Waals surface area contributed by atoms with E-state index in [1.54, 1.807) is 6.07 Å². The van der Waals surface area contributed by atoms with Crippen molar-refractivity contribution in [2.75, 3.05) is 6.61 Å². The molecule has 31 heavy (non-hydrogen) atoms. The quantitative estimate of drug-likeness (QED) is 0.253. The van der Waals surface area contributed by atoms with Gasteiger partial charge < -0.3 is 4.74 Å². The van der Waals surface area contributed by atoms with Crippen LogP contribution in [0.25, 0.3) is 22.5 Å². The van der Waals surface area contributed by atoms with Crippen molar-refractivity contribution >= 4 is 0 Å². The highest BCUT2D eigenvalue weighted by Crippen LogP contribution is 2.31. The zero-order valence-electron chi connectivity index (χ0n) is 17.3. The molecule has 0 amide bonds. The second kappa shape index (κ2) is 10.9. The third kappa shape index (κ3) is 5.60. The van der Waals surface area contributed by atoms with Crippen molar-refractivity contribution in [3.63, 3.8) is 0 Å². The maximum absolute atomic E-state index is 14.6. The molecule has 3 rings (SSSR count). The largest absolute Gasteiger partial charge is 0.490 e. The third-order valence-electron chi connectivity index (χ3n) is 4.94. The van der Waals surface area contributed by atoms with E-state index in [2.05, 4.69) is 16.9 Å². The van der Waals surface area contributed by atoms with E-state index >= 15 is 0 Å². The normalized spacial score (nSPS) is 11.0. The molecular formula is C24H24F4N2O. The summed E-state index contributed by atoms with van der Waals surface area (Å²) >= 11 is 0. The molecule has 164 valence electrons. The van der Waals surface area contributed by atoms with Crippen molar-refractivity contribution in [3.05, 3.63) is 66.0 Å². The molecule has 1 heterocycles. The van der Waals surface area contributed by atoms with Gasteiger partial charge in [-0.2, -0.15) is 8.78 Å². The van der Waals surface area contributed by atoms with Gasteiger partial charge in [0.05, 0.1) is 18.5 Å². The lowest BCUT2D eigenvalue weighted by atomic mass is 10.1. The predicted molar refractivity (Wildman–Crippen MR) is 112 cm³/mol. The van der Waals surface area contributed by atoms with Crippen molar-refractivity contribution in [2.24, 2.45) is 0 Å². The third-order valence-corrected chi connectivity index (χ3v) is 4.94. The molecule has 3 nitrogen and oxygen atoms in total. The molecule has 0 saturated heterocycles. The summed E-state index contributed by atoms with van der Waals surface area (Å²) in [5.41, 5.74) is -0.821. The lowest BCUT2D eigenvalue weighted by Crippen LogP contribution is -2.03. The standard InChI is InChI=1S/C24H24F4N2O/c1-2-3-4-5-6-9-14-31-20-13-12-17(21(26)22(20)27)23-24(28)30-19(15-29-23)16-10-7-8-11-18(16)25/h7-8,10-13,15H,2-6,9,14H2,1H3. The fourth-order valence-electron chi connectivity index (χ4n) is 3.24. The van der Waals surface area contributed by atoms with Crippen LogP contribution in [-0.4, -0.2) is 16.6 Å². The molecule has 3 aromatic rings. The van der Waals surface area contributed by atoms with Gasteiger partial charge in [0.1, 0.15) is 11.5 Å². The minimum atomic E-state index is -1.27. The first-order chi connectivity index (χ1) is 15.0.